The maximum Gasteiger partial charge on any atom is 0.227 e. The van der Waals surface area contributed by atoms with Crippen molar-refractivity contribution in [1.29, 1.82) is 0 Å². The van der Waals surface area contributed by atoms with Crippen molar-refractivity contribution in [3.05, 3.63) is 64.1 Å². The zero-order valence-corrected chi connectivity index (χ0v) is 18.5. The molecule has 1 fully saturated rings. The van der Waals surface area contributed by atoms with Gasteiger partial charge in [-0.25, -0.2) is 12.7 Å². The summed E-state index contributed by atoms with van der Waals surface area (Å²) < 4.78 is 27.8. The van der Waals surface area contributed by atoms with Gasteiger partial charge in [-0.3, -0.25) is 9.59 Å². The molecule has 29 heavy (non-hydrogen) atoms. The van der Waals surface area contributed by atoms with Gasteiger partial charge in [-0.05, 0) is 49.6 Å². The van der Waals surface area contributed by atoms with Crippen LogP contribution in [0.25, 0.3) is 0 Å². The fraction of sp³-hybridized carbons (Fsp3) is 0.333. The van der Waals surface area contributed by atoms with Crippen LogP contribution >= 0.6 is 15.9 Å². The van der Waals surface area contributed by atoms with E-state index in [1.54, 1.807) is 36.4 Å². The van der Waals surface area contributed by atoms with Gasteiger partial charge < -0.3 is 5.32 Å². The predicted octanol–water partition coefficient (Wildman–Crippen LogP) is 3.83. The molecule has 1 aliphatic heterocycles. The topological polar surface area (TPSA) is 83.6 Å². The SMILES string of the molecule is CC(=O)c1cccc(NC(=O)C2CCN(S(=O)(=O)Cc3ccc(Br)cc3)CC2)c1. The minimum Gasteiger partial charge on any atom is -0.326 e. The number of rotatable bonds is 6. The summed E-state index contributed by atoms with van der Waals surface area (Å²) in [5, 5.41) is 2.84. The number of carbonyl (C=O) groups excluding carboxylic acids is 2. The average molecular weight is 479 g/mol. The zero-order valence-electron chi connectivity index (χ0n) is 16.1. The lowest BCUT2D eigenvalue weighted by molar-refractivity contribution is -0.120. The molecule has 2 aromatic rings. The molecule has 1 N–H and O–H groups in total. The summed E-state index contributed by atoms with van der Waals surface area (Å²) in [5.41, 5.74) is 1.85. The van der Waals surface area contributed by atoms with Crippen LogP contribution in [0.2, 0.25) is 0 Å². The first-order valence-corrected chi connectivity index (χ1v) is 11.8. The van der Waals surface area contributed by atoms with Crippen LogP contribution in [0, 0.1) is 5.92 Å². The Hall–Kier alpha value is -2.03. The fourth-order valence-electron chi connectivity index (χ4n) is 3.34. The first-order valence-electron chi connectivity index (χ1n) is 9.39. The lowest BCUT2D eigenvalue weighted by Gasteiger charge is -2.30. The number of nitrogens with one attached hydrogen (secondary N) is 1. The minimum atomic E-state index is -3.42. The second-order valence-corrected chi connectivity index (χ2v) is 10.1. The van der Waals surface area contributed by atoms with Crippen LogP contribution in [-0.2, 0) is 20.6 Å². The normalized spacial score (nSPS) is 15.8. The molecule has 3 rings (SSSR count). The molecule has 154 valence electrons. The van der Waals surface area contributed by atoms with E-state index < -0.39 is 10.0 Å². The standard InChI is InChI=1S/C21H23BrN2O4S/c1-15(25)18-3-2-4-20(13-18)23-21(26)17-9-11-24(12-10-17)29(27,28)14-16-5-7-19(22)8-6-16/h2-8,13,17H,9-12,14H2,1H3,(H,23,26). The number of ketones is 1. The maximum absolute atomic E-state index is 12.7. The van der Waals surface area contributed by atoms with Crippen LogP contribution in [-0.4, -0.2) is 37.5 Å². The van der Waals surface area contributed by atoms with Crippen LogP contribution in [0.4, 0.5) is 5.69 Å². The van der Waals surface area contributed by atoms with Gasteiger partial charge in [0.15, 0.2) is 5.78 Å². The molecule has 1 aliphatic rings. The van der Waals surface area contributed by atoms with Gasteiger partial charge in [0.1, 0.15) is 0 Å². The number of sulfonamides is 1. The smallest absolute Gasteiger partial charge is 0.227 e. The molecule has 0 radical (unpaired) electrons. The van der Waals surface area contributed by atoms with Crippen molar-refractivity contribution in [2.45, 2.75) is 25.5 Å². The van der Waals surface area contributed by atoms with Crippen molar-refractivity contribution in [2.24, 2.45) is 5.92 Å². The molecule has 1 amide bonds. The van der Waals surface area contributed by atoms with Gasteiger partial charge in [0.2, 0.25) is 15.9 Å². The summed E-state index contributed by atoms with van der Waals surface area (Å²) in [4.78, 5) is 24.0. The zero-order chi connectivity index (χ0) is 21.0. The van der Waals surface area contributed by atoms with Gasteiger partial charge in [-0.2, -0.15) is 0 Å². The largest absolute Gasteiger partial charge is 0.326 e. The summed E-state index contributed by atoms with van der Waals surface area (Å²) in [6.07, 6.45) is 0.940. The molecule has 0 aliphatic carbocycles. The molecule has 0 atom stereocenters. The predicted molar refractivity (Wildman–Crippen MR) is 116 cm³/mol. The number of anilines is 1. The van der Waals surface area contributed by atoms with Crippen LogP contribution in [0.3, 0.4) is 0 Å². The highest BCUT2D eigenvalue weighted by atomic mass is 79.9. The third-order valence-corrected chi connectivity index (χ3v) is 7.40. The number of amides is 1. The molecule has 8 heteroatoms. The van der Waals surface area contributed by atoms with Gasteiger partial charge in [0.05, 0.1) is 5.75 Å². The van der Waals surface area contributed by atoms with Gasteiger partial charge >= 0.3 is 0 Å². The van der Waals surface area contributed by atoms with Crippen molar-refractivity contribution in [3.8, 4) is 0 Å². The molecular weight excluding hydrogens is 456 g/mol. The van der Waals surface area contributed by atoms with E-state index in [9.17, 15) is 18.0 Å². The second kappa shape index (κ2) is 9.19. The van der Waals surface area contributed by atoms with E-state index in [1.807, 2.05) is 12.1 Å². The Morgan fingerprint density at radius 1 is 1.10 bits per heavy atom. The minimum absolute atomic E-state index is 0.0466. The third-order valence-electron chi connectivity index (χ3n) is 5.02. The number of nitrogens with zero attached hydrogens (tertiary/aromatic N) is 1. The lowest BCUT2D eigenvalue weighted by Crippen LogP contribution is -2.41. The first-order chi connectivity index (χ1) is 13.7. The number of hydrogen-bond acceptors (Lipinski definition) is 4. The highest BCUT2D eigenvalue weighted by Gasteiger charge is 2.31. The van der Waals surface area contributed by atoms with E-state index in [0.29, 0.717) is 37.2 Å². The Morgan fingerprint density at radius 2 is 1.76 bits per heavy atom. The summed E-state index contributed by atoms with van der Waals surface area (Å²) in [7, 11) is -3.42. The number of hydrogen-bond donors (Lipinski definition) is 1. The van der Waals surface area contributed by atoms with Crippen molar-refractivity contribution in [3.63, 3.8) is 0 Å². The molecule has 6 nitrogen and oxygen atoms in total. The second-order valence-electron chi connectivity index (χ2n) is 7.18. The fourth-order valence-corrected chi connectivity index (χ4v) is 5.17. The summed E-state index contributed by atoms with van der Waals surface area (Å²) >= 11 is 3.34. The average Bonchev–Trinajstić information content (AvgIpc) is 2.70. The van der Waals surface area contributed by atoms with Crippen LogP contribution < -0.4 is 5.32 Å². The van der Waals surface area contributed by atoms with Gasteiger partial charge in [0.25, 0.3) is 0 Å². The Morgan fingerprint density at radius 3 is 2.38 bits per heavy atom. The van der Waals surface area contributed by atoms with Crippen molar-refractivity contribution in [2.75, 3.05) is 18.4 Å². The van der Waals surface area contributed by atoms with E-state index in [2.05, 4.69) is 21.2 Å². The quantitative estimate of drug-likeness (QED) is 0.639. The molecule has 2 aromatic carbocycles. The number of piperidine rings is 1. The Labute approximate surface area is 179 Å². The molecule has 0 saturated carbocycles. The van der Waals surface area contributed by atoms with Crippen molar-refractivity contribution < 1.29 is 18.0 Å². The number of halogens is 1. The Kier molecular flexibility index (Phi) is 6.87. The summed E-state index contributed by atoms with van der Waals surface area (Å²) in [6.45, 7) is 2.13. The van der Waals surface area contributed by atoms with E-state index >= 15 is 0 Å². The number of Topliss-reactive ketones (excluding diaryl/α,β-unsaturated/α-hetero) is 1. The van der Waals surface area contributed by atoms with Crippen LogP contribution in [0.15, 0.2) is 53.0 Å². The Bertz CT molecular complexity index is 998. The number of carbonyl (C=O) groups is 2. The van der Waals surface area contributed by atoms with E-state index in [-0.39, 0.29) is 23.4 Å². The molecule has 0 aromatic heterocycles. The number of benzene rings is 2. The van der Waals surface area contributed by atoms with Crippen molar-refractivity contribution in [1.82, 2.24) is 4.31 Å². The van der Waals surface area contributed by atoms with Crippen LogP contribution in [0.5, 0.6) is 0 Å². The van der Waals surface area contributed by atoms with Gasteiger partial charge in [0, 0.05) is 34.7 Å². The lowest BCUT2D eigenvalue weighted by atomic mass is 9.97. The molecule has 1 heterocycles. The Balaban J connectivity index is 1.56. The summed E-state index contributed by atoms with van der Waals surface area (Å²) in [6, 6.07) is 14.0. The monoisotopic (exact) mass is 478 g/mol. The molecule has 0 spiro atoms. The highest BCUT2D eigenvalue weighted by Crippen LogP contribution is 2.24. The van der Waals surface area contributed by atoms with Gasteiger partial charge in [-0.1, -0.05) is 40.2 Å². The molecular formula is C21H23BrN2O4S. The van der Waals surface area contributed by atoms with Gasteiger partial charge in [-0.15, -0.1) is 0 Å². The molecule has 1 saturated heterocycles. The van der Waals surface area contributed by atoms with E-state index in [1.165, 1.54) is 11.2 Å². The van der Waals surface area contributed by atoms with Crippen LogP contribution in [0.1, 0.15) is 35.7 Å². The maximum atomic E-state index is 12.7. The molecule has 0 unspecified atom stereocenters. The first kappa shape index (κ1) is 21.7. The van der Waals surface area contributed by atoms with E-state index in [0.717, 1.165) is 10.0 Å². The van der Waals surface area contributed by atoms with Crippen molar-refractivity contribution >= 4 is 43.3 Å². The highest BCUT2D eigenvalue weighted by molar-refractivity contribution is 9.10. The third kappa shape index (κ3) is 5.74. The van der Waals surface area contributed by atoms with E-state index in [4.69, 9.17) is 0 Å². The summed E-state index contributed by atoms with van der Waals surface area (Å²) in [5.74, 6) is -0.509. The molecule has 0 bridgehead atoms.